The Kier molecular flexibility index (Phi) is 8.15. The quantitative estimate of drug-likeness (QED) is 0.174. The lowest BCUT2D eigenvalue weighted by Gasteiger charge is -2.22. The van der Waals surface area contributed by atoms with E-state index in [1.807, 2.05) is 36.4 Å². The highest BCUT2D eigenvalue weighted by molar-refractivity contribution is 6.09. The van der Waals surface area contributed by atoms with Crippen molar-refractivity contribution in [3.63, 3.8) is 0 Å². The van der Waals surface area contributed by atoms with Gasteiger partial charge in [0.15, 0.2) is 0 Å². The van der Waals surface area contributed by atoms with Crippen molar-refractivity contribution in [1.82, 2.24) is 4.58 Å². The van der Waals surface area contributed by atoms with Gasteiger partial charge in [-0.2, -0.15) is 0 Å². The van der Waals surface area contributed by atoms with Gasteiger partial charge in [0, 0.05) is 47.4 Å². The number of fused-ring (bicyclic) bond motifs is 2. The number of ether oxygens (including phenoxy) is 1. The first-order valence-electron chi connectivity index (χ1n) is 13.2. The Hall–Kier alpha value is -4.13. The van der Waals surface area contributed by atoms with E-state index in [2.05, 4.69) is 37.2 Å². The molecule has 2 aromatic rings. The van der Waals surface area contributed by atoms with Crippen LogP contribution < -0.4 is 14.8 Å². The Morgan fingerprint density at radius 2 is 1.61 bits per heavy atom. The van der Waals surface area contributed by atoms with Gasteiger partial charge in [-0.3, -0.25) is 0 Å². The van der Waals surface area contributed by atoms with Crippen LogP contribution in [0.2, 0.25) is 0 Å². The van der Waals surface area contributed by atoms with Crippen LogP contribution in [0.1, 0.15) is 55.3 Å². The second kappa shape index (κ2) is 11.5. The molecule has 1 N–H and O–H groups in total. The van der Waals surface area contributed by atoms with Gasteiger partial charge in [0.25, 0.3) is 0 Å². The molecular weight excluding hydrogens is 480 g/mol. The van der Waals surface area contributed by atoms with E-state index in [0.717, 1.165) is 53.7 Å². The van der Waals surface area contributed by atoms with Crippen LogP contribution in [0.4, 0.5) is 5.69 Å². The molecule has 0 saturated carbocycles. The molecule has 4 rings (SSSR count). The van der Waals surface area contributed by atoms with Crippen LogP contribution in [0, 0.1) is 0 Å². The monoisotopic (exact) mass is 515 g/mol. The first-order valence-corrected chi connectivity index (χ1v) is 13.2. The smallest absolute Gasteiger partial charge is 0.338 e. The summed E-state index contributed by atoms with van der Waals surface area (Å²) in [6.07, 6.45) is 0. The van der Waals surface area contributed by atoms with Crippen molar-refractivity contribution in [3.05, 3.63) is 71.1 Å². The molecule has 0 radical (unpaired) electrons. The molecule has 1 heterocycles. The van der Waals surface area contributed by atoms with Crippen molar-refractivity contribution >= 4 is 28.6 Å². The van der Waals surface area contributed by atoms with E-state index in [0.29, 0.717) is 16.9 Å². The Morgan fingerprint density at radius 3 is 2.24 bits per heavy atom. The Morgan fingerprint density at radius 1 is 0.895 bits per heavy atom. The maximum atomic E-state index is 12.5. The maximum Gasteiger partial charge on any atom is 0.338 e. The van der Waals surface area contributed by atoms with Crippen LogP contribution in [0.3, 0.4) is 0 Å². The highest BCUT2D eigenvalue weighted by Gasteiger charge is 2.24. The summed E-state index contributed by atoms with van der Waals surface area (Å²) in [5.74, 6) is -1.00. The number of anilines is 1. The summed E-state index contributed by atoms with van der Waals surface area (Å²) in [6.45, 7) is 13.8. The number of benzene rings is 3. The Balaban J connectivity index is 2.10. The van der Waals surface area contributed by atoms with Gasteiger partial charge >= 0.3 is 11.9 Å². The molecule has 2 aromatic carbocycles. The minimum Gasteiger partial charge on any atom is -0.478 e. The molecule has 1 aliphatic heterocycles. The first kappa shape index (κ1) is 26.9. The lowest BCUT2D eigenvalue weighted by Crippen LogP contribution is -2.29. The van der Waals surface area contributed by atoms with Crippen LogP contribution >= 0.6 is 0 Å². The number of carboxylic acids is 1. The summed E-state index contributed by atoms with van der Waals surface area (Å²) in [5.41, 5.74) is 4.01. The fourth-order valence-corrected chi connectivity index (χ4v) is 5.01. The van der Waals surface area contributed by atoms with E-state index >= 15 is 0 Å². The SMILES string of the molecule is CCOC(=O)c1ccc(-c2c3ccc(=[N+](CC)CC)cc-3oc3cc(N(CC)CC)ccc23)c(C(=O)O)c1. The molecule has 0 amide bonds. The van der Waals surface area contributed by atoms with E-state index in [4.69, 9.17) is 9.15 Å². The minimum absolute atomic E-state index is 0.0324. The Bertz CT molecular complexity index is 1530. The normalized spacial score (nSPS) is 11.1. The fourth-order valence-electron chi connectivity index (χ4n) is 5.01. The summed E-state index contributed by atoms with van der Waals surface area (Å²) in [4.78, 5) is 27.1. The number of carbonyl (C=O) groups excluding carboxylic acids is 1. The van der Waals surface area contributed by atoms with E-state index in [1.165, 1.54) is 6.07 Å². The van der Waals surface area contributed by atoms with Crippen molar-refractivity contribution in [1.29, 1.82) is 0 Å². The molecule has 7 nitrogen and oxygen atoms in total. The third-order valence-corrected chi connectivity index (χ3v) is 6.98. The first-order chi connectivity index (χ1) is 18.4. The van der Waals surface area contributed by atoms with Crippen LogP contribution in [-0.4, -0.2) is 49.8 Å². The fraction of sp³-hybridized carbons (Fsp3) is 0.323. The van der Waals surface area contributed by atoms with Gasteiger partial charge in [-0.1, -0.05) is 6.07 Å². The molecule has 0 saturated heterocycles. The van der Waals surface area contributed by atoms with Gasteiger partial charge in [0.2, 0.25) is 5.36 Å². The van der Waals surface area contributed by atoms with E-state index in [1.54, 1.807) is 19.1 Å². The molecule has 0 aromatic heterocycles. The third-order valence-electron chi connectivity index (χ3n) is 6.98. The van der Waals surface area contributed by atoms with Crippen LogP contribution in [0.15, 0.2) is 59.0 Å². The second-order valence-electron chi connectivity index (χ2n) is 8.97. The summed E-state index contributed by atoms with van der Waals surface area (Å²) < 4.78 is 13.8. The molecule has 0 bridgehead atoms. The summed E-state index contributed by atoms with van der Waals surface area (Å²) in [6, 6.07) is 16.8. The molecule has 0 fully saturated rings. The zero-order valence-electron chi connectivity index (χ0n) is 22.7. The molecular formula is C31H35N2O5+. The highest BCUT2D eigenvalue weighted by atomic mass is 16.5. The van der Waals surface area contributed by atoms with Crippen molar-refractivity contribution in [2.24, 2.45) is 0 Å². The zero-order valence-corrected chi connectivity index (χ0v) is 22.7. The minimum atomic E-state index is -1.12. The van der Waals surface area contributed by atoms with Gasteiger partial charge in [-0.05, 0) is 70.5 Å². The van der Waals surface area contributed by atoms with Gasteiger partial charge in [0.1, 0.15) is 24.4 Å². The van der Waals surface area contributed by atoms with E-state index in [-0.39, 0.29) is 17.7 Å². The molecule has 1 aliphatic carbocycles. The predicted octanol–water partition coefficient (Wildman–Crippen LogP) is 5.74. The lowest BCUT2D eigenvalue weighted by molar-refractivity contribution is 0.0526. The summed E-state index contributed by atoms with van der Waals surface area (Å²) in [7, 11) is 0. The van der Waals surface area contributed by atoms with Crippen LogP contribution in [0.25, 0.3) is 33.4 Å². The van der Waals surface area contributed by atoms with Crippen molar-refractivity contribution < 1.29 is 23.8 Å². The number of rotatable bonds is 9. The van der Waals surface area contributed by atoms with Crippen molar-refractivity contribution in [2.45, 2.75) is 34.6 Å². The third kappa shape index (κ3) is 5.01. The molecule has 38 heavy (non-hydrogen) atoms. The summed E-state index contributed by atoms with van der Waals surface area (Å²) in [5, 5.41) is 12.0. The molecule has 0 atom stereocenters. The largest absolute Gasteiger partial charge is 0.478 e. The van der Waals surface area contributed by atoms with Crippen LogP contribution in [-0.2, 0) is 4.74 Å². The van der Waals surface area contributed by atoms with Crippen LogP contribution in [0.5, 0.6) is 0 Å². The average Bonchev–Trinajstić information content (AvgIpc) is 2.92. The van der Waals surface area contributed by atoms with E-state index < -0.39 is 11.9 Å². The number of nitrogens with zero attached hydrogens (tertiary/aromatic N) is 2. The molecule has 7 heteroatoms. The number of hydrogen-bond acceptors (Lipinski definition) is 5. The number of esters is 1. The van der Waals surface area contributed by atoms with Gasteiger partial charge < -0.3 is 19.2 Å². The molecule has 0 unspecified atom stereocenters. The number of carbonyl (C=O) groups is 2. The number of aromatic carboxylic acids is 1. The Labute approximate surface area is 222 Å². The lowest BCUT2D eigenvalue weighted by atomic mass is 9.89. The number of carboxylic acid groups (broad SMARTS) is 1. The van der Waals surface area contributed by atoms with E-state index in [9.17, 15) is 14.7 Å². The number of hydrogen-bond donors (Lipinski definition) is 1. The standard InChI is InChI=1S/C31H34N2O5/c1-6-32(7-2)21-12-15-24-27(18-21)38-28-19-22(33(8-3)9-4)13-16-25(28)29(24)23-14-11-20(31(36)37-10-5)17-26(23)30(34)35/h11-19H,6-10H2,1-5H3/p+1. The van der Waals surface area contributed by atoms with Crippen molar-refractivity contribution in [3.8, 4) is 22.5 Å². The predicted molar refractivity (Wildman–Crippen MR) is 151 cm³/mol. The van der Waals surface area contributed by atoms with Crippen molar-refractivity contribution in [2.75, 3.05) is 37.7 Å². The highest BCUT2D eigenvalue weighted by Crippen LogP contribution is 2.42. The van der Waals surface area contributed by atoms with Gasteiger partial charge in [-0.15, -0.1) is 0 Å². The summed E-state index contributed by atoms with van der Waals surface area (Å²) >= 11 is 0. The second-order valence-corrected chi connectivity index (χ2v) is 8.97. The maximum absolute atomic E-state index is 12.5. The topological polar surface area (TPSA) is 83.0 Å². The average molecular weight is 516 g/mol. The molecule has 2 aliphatic rings. The molecule has 0 spiro atoms. The van der Waals surface area contributed by atoms with Gasteiger partial charge in [0.05, 0.1) is 23.8 Å². The molecule has 198 valence electrons. The zero-order chi connectivity index (χ0) is 27.4. The van der Waals surface area contributed by atoms with Gasteiger partial charge in [-0.25, -0.2) is 14.2 Å².